The minimum atomic E-state index is -0.898. The molecule has 4 rings (SSSR count). The number of ether oxygens (including phenoxy) is 1. The Bertz CT molecular complexity index is 1040. The number of aliphatic hydroxyl groups is 1. The van der Waals surface area contributed by atoms with Gasteiger partial charge in [-0.1, -0.05) is 58.4 Å². The summed E-state index contributed by atoms with van der Waals surface area (Å²) in [5, 5.41) is 23.2. The van der Waals surface area contributed by atoms with Crippen LogP contribution in [0.3, 0.4) is 0 Å². The van der Waals surface area contributed by atoms with Crippen molar-refractivity contribution in [2.75, 3.05) is 0 Å². The number of allylic oxidation sites excluding steroid dienone is 3. The Labute approximate surface area is 235 Å². The number of carboxylic acids is 1. The Morgan fingerprint density at radius 1 is 1.08 bits per heavy atom. The van der Waals surface area contributed by atoms with E-state index in [-0.39, 0.29) is 34.2 Å². The second kappa shape index (κ2) is 10.3. The van der Waals surface area contributed by atoms with Crippen molar-refractivity contribution in [1.82, 2.24) is 0 Å². The number of rotatable bonds is 6. The smallest absolute Gasteiger partial charge is 0.331 e. The normalized spacial score (nSPS) is 45.4. The Kier molecular flexibility index (Phi) is 8.05. The predicted octanol–water partition coefficient (Wildman–Crippen LogP) is 8.49. The SMILES string of the molecule is C=C(C)OC1C[C@@]2(C)[C@@H](C[C@@H](O)[C@H]3[C@@]4(C)CC[C@@H](C)[C@H](C)[C@@H]4CC[C@@]32C)/C1=C(\CCC(Cl)=C(C)C)C(=O)O. The summed E-state index contributed by atoms with van der Waals surface area (Å²) >= 11 is 6.47. The minimum absolute atomic E-state index is 0.0419. The second-order valence-corrected chi connectivity index (χ2v) is 14.8. The number of aliphatic carboxylic acids is 1. The summed E-state index contributed by atoms with van der Waals surface area (Å²) in [6.45, 7) is 21.9. The van der Waals surface area contributed by atoms with E-state index in [4.69, 9.17) is 16.3 Å². The lowest BCUT2D eigenvalue weighted by molar-refractivity contribution is -0.229. The van der Waals surface area contributed by atoms with Crippen molar-refractivity contribution in [3.63, 3.8) is 0 Å². The molecule has 4 fully saturated rings. The number of hydrogen-bond acceptors (Lipinski definition) is 3. The molecule has 1 unspecified atom stereocenters. The third-order valence-electron chi connectivity index (χ3n) is 12.2. The summed E-state index contributed by atoms with van der Waals surface area (Å²) in [5.41, 5.74) is 2.11. The lowest BCUT2D eigenvalue weighted by Crippen LogP contribution is -2.65. The van der Waals surface area contributed by atoms with E-state index in [9.17, 15) is 15.0 Å². The quantitative estimate of drug-likeness (QED) is 0.259. The van der Waals surface area contributed by atoms with Gasteiger partial charge in [0, 0.05) is 10.6 Å². The van der Waals surface area contributed by atoms with E-state index in [0.717, 1.165) is 36.3 Å². The molecule has 38 heavy (non-hydrogen) atoms. The molecule has 0 aromatic rings. The van der Waals surface area contributed by atoms with Gasteiger partial charge in [0.15, 0.2) is 0 Å². The highest BCUT2D eigenvalue weighted by Gasteiger charge is 2.70. The van der Waals surface area contributed by atoms with E-state index in [1.807, 2.05) is 20.8 Å². The fourth-order valence-electron chi connectivity index (χ4n) is 10.0. The molecule has 2 N–H and O–H groups in total. The van der Waals surface area contributed by atoms with Crippen LogP contribution < -0.4 is 0 Å². The van der Waals surface area contributed by atoms with Crippen molar-refractivity contribution in [2.24, 2.45) is 45.8 Å². The van der Waals surface area contributed by atoms with Crippen LogP contribution in [0.15, 0.2) is 34.1 Å². The Hall–Kier alpha value is -1.26. The second-order valence-electron chi connectivity index (χ2n) is 14.4. The summed E-state index contributed by atoms with van der Waals surface area (Å²) < 4.78 is 6.35. The summed E-state index contributed by atoms with van der Waals surface area (Å²) in [6.07, 6.45) is 6.06. The first-order valence-corrected chi connectivity index (χ1v) is 15.2. The molecule has 0 spiro atoms. The molecule has 4 aliphatic rings. The predicted molar refractivity (Wildman–Crippen MR) is 155 cm³/mol. The van der Waals surface area contributed by atoms with Crippen LogP contribution in [-0.4, -0.2) is 28.4 Å². The first-order valence-electron chi connectivity index (χ1n) is 14.9. The molecule has 0 radical (unpaired) electrons. The molecule has 0 aliphatic heterocycles. The van der Waals surface area contributed by atoms with Crippen LogP contribution >= 0.6 is 11.6 Å². The molecule has 0 saturated heterocycles. The summed E-state index contributed by atoms with van der Waals surface area (Å²) in [5.74, 6) is 1.87. The number of fused-ring (bicyclic) bond motifs is 5. The molecular formula is C33H51ClO4. The van der Waals surface area contributed by atoms with Crippen molar-refractivity contribution < 1.29 is 19.7 Å². The molecule has 10 atom stereocenters. The number of hydrogen-bond donors (Lipinski definition) is 2. The molecule has 0 amide bonds. The first kappa shape index (κ1) is 29.7. The third kappa shape index (κ3) is 4.50. The van der Waals surface area contributed by atoms with Crippen LogP contribution in [0.4, 0.5) is 0 Å². The summed E-state index contributed by atoms with van der Waals surface area (Å²) in [4.78, 5) is 12.8. The van der Waals surface area contributed by atoms with Gasteiger partial charge in [-0.2, -0.15) is 0 Å². The van der Waals surface area contributed by atoms with Crippen molar-refractivity contribution in [1.29, 1.82) is 0 Å². The van der Waals surface area contributed by atoms with Crippen LogP contribution in [0.5, 0.6) is 0 Å². The highest BCUT2D eigenvalue weighted by atomic mass is 35.5. The molecule has 4 aliphatic carbocycles. The molecule has 4 nitrogen and oxygen atoms in total. The van der Waals surface area contributed by atoms with E-state index >= 15 is 0 Å². The van der Waals surface area contributed by atoms with Crippen LogP contribution in [0.1, 0.15) is 107 Å². The fraction of sp³-hybridized carbons (Fsp3) is 0.788. The Morgan fingerprint density at radius 3 is 2.32 bits per heavy atom. The van der Waals surface area contributed by atoms with E-state index < -0.39 is 12.1 Å². The molecule has 214 valence electrons. The number of halogens is 1. The topological polar surface area (TPSA) is 66.8 Å². The number of carbonyl (C=O) groups is 1. The van der Waals surface area contributed by atoms with Crippen LogP contribution in [0, 0.1) is 45.8 Å². The van der Waals surface area contributed by atoms with Gasteiger partial charge in [-0.15, -0.1) is 0 Å². The van der Waals surface area contributed by atoms with Gasteiger partial charge in [0.25, 0.3) is 0 Å². The molecule has 0 heterocycles. The van der Waals surface area contributed by atoms with E-state index in [1.165, 1.54) is 12.8 Å². The van der Waals surface area contributed by atoms with Gasteiger partial charge >= 0.3 is 5.97 Å². The highest BCUT2D eigenvalue weighted by molar-refractivity contribution is 6.29. The average molecular weight is 547 g/mol. The molecular weight excluding hydrogens is 496 g/mol. The zero-order valence-corrected chi connectivity index (χ0v) is 25.8. The maximum absolute atomic E-state index is 12.8. The average Bonchev–Trinajstić information content (AvgIpc) is 3.08. The van der Waals surface area contributed by atoms with E-state index in [0.29, 0.717) is 47.5 Å². The first-order chi connectivity index (χ1) is 17.6. The molecule has 0 aromatic heterocycles. The van der Waals surface area contributed by atoms with Gasteiger partial charge in [-0.05, 0) is 124 Å². The number of aliphatic hydroxyl groups excluding tert-OH is 1. The van der Waals surface area contributed by atoms with Crippen molar-refractivity contribution in [3.05, 3.63) is 34.1 Å². The minimum Gasteiger partial charge on any atom is -0.491 e. The van der Waals surface area contributed by atoms with E-state index in [1.54, 1.807) is 0 Å². The van der Waals surface area contributed by atoms with Crippen molar-refractivity contribution in [3.8, 4) is 0 Å². The van der Waals surface area contributed by atoms with Gasteiger partial charge in [-0.25, -0.2) is 4.79 Å². The van der Waals surface area contributed by atoms with Crippen molar-refractivity contribution >= 4 is 17.6 Å². The molecule has 0 bridgehead atoms. The van der Waals surface area contributed by atoms with Gasteiger partial charge in [0.2, 0.25) is 0 Å². The molecule has 0 aromatic carbocycles. The Morgan fingerprint density at radius 2 is 1.74 bits per heavy atom. The lowest BCUT2D eigenvalue weighted by atomic mass is 9.36. The highest BCUT2D eigenvalue weighted by Crippen LogP contribution is 2.74. The monoisotopic (exact) mass is 546 g/mol. The third-order valence-corrected chi connectivity index (χ3v) is 12.8. The van der Waals surface area contributed by atoms with Gasteiger partial charge in [0.05, 0.1) is 11.9 Å². The maximum atomic E-state index is 12.8. The van der Waals surface area contributed by atoms with Crippen LogP contribution in [0.2, 0.25) is 0 Å². The van der Waals surface area contributed by atoms with Crippen molar-refractivity contribution in [2.45, 2.75) is 119 Å². The fourth-order valence-corrected chi connectivity index (χ4v) is 10.1. The zero-order valence-electron chi connectivity index (χ0n) is 25.0. The van der Waals surface area contributed by atoms with E-state index in [2.05, 4.69) is 41.2 Å². The maximum Gasteiger partial charge on any atom is 0.331 e. The molecule has 4 saturated carbocycles. The van der Waals surface area contributed by atoms with Gasteiger partial charge in [-0.3, -0.25) is 0 Å². The van der Waals surface area contributed by atoms with Gasteiger partial charge in [0.1, 0.15) is 6.10 Å². The number of carboxylic acid groups (broad SMARTS) is 1. The standard InChI is InChI=1S/C33H51ClO4/c1-18(2)25(34)11-10-22(30(36)37)28-24-16-26(35)29-31(7)14-12-20(5)21(6)23(31)13-15-32(29,8)33(24,9)17-27(28)38-19(3)4/h20-21,23-24,26-27,29,35H,3,10-17H2,1-2,4-9H3,(H,36,37)/b28-22-/t20-,21+,23+,24+,26-,27?,29+,31+,32+,33+/m1/s1. The molecule has 5 heteroatoms. The summed E-state index contributed by atoms with van der Waals surface area (Å²) in [7, 11) is 0. The van der Waals surface area contributed by atoms with Gasteiger partial charge < -0.3 is 14.9 Å². The zero-order chi connectivity index (χ0) is 28.4. The lowest BCUT2D eigenvalue weighted by Gasteiger charge is -2.69. The largest absolute Gasteiger partial charge is 0.491 e. The Balaban J connectivity index is 1.83. The van der Waals surface area contributed by atoms with Crippen LogP contribution in [-0.2, 0) is 9.53 Å². The van der Waals surface area contributed by atoms with Crippen LogP contribution in [0.25, 0.3) is 0 Å². The summed E-state index contributed by atoms with van der Waals surface area (Å²) in [6, 6.07) is 0.